The number of carbonyl (C=O) groups is 1. The molecule has 0 spiro atoms. The van der Waals surface area contributed by atoms with Crippen LogP contribution < -0.4 is 5.32 Å². The Kier molecular flexibility index (Phi) is 4.48. The fourth-order valence-corrected chi connectivity index (χ4v) is 2.48. The van der Waals surface area contributed by atoms with Crippen LogP contribution in [0, 0.1) is 0 Å². The normalized spacial score (nSPS) is 17.6. The first kappa shape index (κ1) is 14.7. The van der Waals surface area contributed by atoms with Gasteiger partial charge < -0.3 is 10.1 Å². The molecule has 1 N–H and O–H groups in total. The molecule has 1 aromatic heterocycles. The van der Waals surface area contributed by atoms with Gasteiger partial charge in [0.2, 0.25) is 0 Å². The number of rotatable bonds is 5. The van der Waals surface area contributed by atoms with Crippen LogP contribution in [-0.2, 0) is 11.2 Å². The van der Waals surface area contributed by atoms with Crippen molar-refractivity contribution >= 4 is 5.91 Å². The minimum Gasteiger partial charge on any atom is -0.376 e. The molecule has 1 aliphatic rings. The molecular weight excluding hydrogens is 280 g/mol. The third-order valence-electron chi connectivity index (χ3n) is 3.85. The average molecular weight is 300 g/mol. The second-order valence-corrected chi connectivity index (χ2v) is 5.41. The molecule has 2 heterocycles. The zero-order valence-electron chi connectivity index (χ0n) is 12.7. The number of benzene rings is 1. The number of hydrogen-bond donors (Lipinski definition) is 1. The summed E-state index contributed by atoms with van der Waals surface area (Å²) in [6.07, 6.45) is 4.82. The van der Waals surface area contributed by atoms with Gasteiger partial charge in [0.15, 0.2) is 5.69 Å². The summed E-state index contributed by atoms with van der Waals surface area (Å²) < 4.78 is 7.09. The van der Waals surface area contributed by atoms with Crippen molar-refractivity contribution < 1.29 is 9.53 Å². The van der Waals surface area contributed by atoms with Crippen molar-refractivity contribution in [2.45, 2.75) is 32.3 Å². The van der Waals surface area contributed by atoms with Gasteiger partial charge in [0, 0.05) is 13.2 Å². The molecule has 0 saturated carbocycles. The number of nitrogens with zero attached hydrogens (tertiary/aromatic N) is 3. The molecule has 0 radical (unpaired) electrons. The number of hydrogen-bond acceptors (Lipinski definition) is 4. The predicted molar refractivity (Wildman–Crippen MR) is 82.0 cm³/mol. The van der Waals surface area contributed by atoms with E-state index >= 15 is 0 Å². The van der Waals surface area contributed by atoms with Gasteiger partial charge >= 0.3 is 0 Å². The maximum absolute atomic E-state index is 12.1. The minimum atomic E-state index is -0.216. The van der Waals surface area contributed by atoms with E-state index in [1.54, 1.807) is 10.9 Å². The van der Waals surface area contributed by atoms with Crippen LogP contribution in [0.2, 0.25) is 0 Å². The maximum atomic E-state index is 12.1. The number of aromatic nitrogens is 3. The molecule has 1 aromatic carbocycles. The molecule has 1 fully saturated rings. The van der Waals surface area contributed by atoms with E-state index in [2.05, 4.69) is 22.6 Å². The Morgan fingerprint density at radius 1 is 1.41 bits per heavy atom. The smallest absolute Gasteiger partial charge is 0.273 e. The average Bonchev–Trinajstić information content (AvgIpc) is 3.24. The summed E-state index contributed by atoms with van der Waals surface area (Å²) in [5.74, 6) is -0.216. The molecular formula is C16H20N4O2. The van der Waals surface area contributed by atoms with Crippen LogP contribution >= 0.6 is 0 Å². The standard InChI is InChI=1S/C16H20N4O2/c1-2-12-5-7-13(8-6-12)20-11-15(18-19-20)16(21)17-10-14-4-3-9-22-14/h5-8,11,14H,2-4,9-10H2,1H3,(H,17,21)/t14-/m1/s1. The first-order valence-corrected chi connectivity index (χ1v) is 7.67. The van der Waals surface area contributed by atoms with E-state index in [4.69, 9.17) is 4.74 Å². The second-order valence-electron chi connectivity index (χ2n) is 5.41. The highest BCUT2D eigenvalue weighted by atomic mass is 16.5. The monoisotopic (exact) mass is 300 g/mol. The van der Waals surface area contributed by atoms with Gasteiger partial charge in [-0.3, -0.25) is 4.79 Å². The lowest BCUT2D eigenvalue weighted by atomic mass is 10.1. The lowest BCUT2D eigenvalue weighted by Crippen LogP contribution is -2.31. The largest absolute Gasteiger partial charge is 0.376 e. The molecule has 2 aromatic rings. The summed E-state index contributed by atoms with van der Waals surface area (Å²) in [4.78, 5) is 12.1. The Balaban J connectivity index is 1.63. The van der Waals surface area contributed by atoms with Crippen molar-refractivity contribution in [1.29, 1.82) is 0 Å². The number of nitrogens with one attached hydrogen (secondary N) is 1. The van der Waals surface area contributed by atoms with Gasteiger partial charge in [-0.15, -0.1) is 5.10 Å². The van der Waals surface area contributed by atoms with E-state index in [1.807, 2.05) is 24.3 Å². The van der Waals surface area contributed by atoms with Crippen molar-refractivity contribution in [1.82, 2.24) is 20.3 Å². The SMILES string of the molecule is CCc1ccc(-n2cc(C(=O)NC[C@H]3CCCO3)nn2)cc1. The van der Waals surface area contributed by atoms with Crippen LogP contribution in [0.1, 0.15) is 35.8 Å². The number of carbonyl (C=O) groups excluding carboxylic acids is 1. The lowest BCUT2D eigenvalue weighted by molar-refractivity contribution is 0.0853. The molecule has 22 heavy (non-hydrogen) atoms. The van der Waals surface area contributed by atoms with E-state index in [0.29, 0.717) is 12.2 Å². The Morgan fingerprint density at radius 3 is 2.91 bits per heavy atom. The van der Waals surface area contributed by atoms with Gasteiger partial charge in [0.25, 0.3) is 5.91 Å². The highest BCUT2D eigenvalue weighted by molar-refractivity contribution is 5.91. The van der Waals surface area contributed by atoms with Crippen LogP contribution in [0.5, 0.6) is 0 Å². The number of amides is 1. The first-order chi connectivity index (χ1) is 10.8. The lowest BCUT2D eigenvalue weighted by Gasteiger charge is -2.09. The number of ether oxygens (including phenoxy) is 1. The molecule has 116 valence electrons. The van der Waals surface area contributed by atoms with Gasteiger partial charge in [-0.25, -0.2) is 4.68 Å². The summed E-state index contributed by atoms with van der Waals surface area (Å²) in [6.45, 7) is 3.42. The van der Waals surface area contributed by atoms with E-state index in [1.165, 1.54) is 5.56 Å². The summed E-state index contributed by atoms with van der Waals surface area (Å²) in [5, 5.41) is 10.8. The molecule has 1 saturated heterocycles. The van der Waals surface area contributed by atoms with Gasteiger partial charge in [0.1, 0.15) is 0 Å². The zero-order chi connectivity index (χ0) is 15.4. The van der Waals surface area contributed by atoms with Crippen molar-refractivity contribution in [3.63, 3.8) is 0 Å². The van der Waals surface area contributed by atoms with Crippen molar-refractivity contribution in [3.8, 4) is 5.69 Å². The summed E-state index contributed by atoms with van der Waals surface area (Å²) in [5.41, 5.74) is 2.47. The molecule has 0 bridgehead atoms. The molecule has 0 aliphatic carbocycles. The van der Waals surface area contributed by atoms with Gasteiger partial charge in [0.05, 0.1) is 18.0 Å². The van der Waals surface area contributed by atoms with Crippen LogP contribution in [0.25, 0.3) is 5.69 Å². The highest BCUT2D eigenvalue weighted by Gasteiger charge is 2.18. The van der Waals surface area contributed by atoms with E-state index in [9.17, 15) is 4.79 Å². The third-order valence-corrected chi connectivity index (χ3v) is 3.85. The van der Waals surface area contributed by atoms with E-state index < -0.39 is 0 Å². The summed E-state index contributed by atoms with van der Waals surface area (Å²) in [7, 11) is 0. The van der Waals surface area contributed by atoms with Crippen LogP contribution in [0.3, 0.4) is 0 Å². The summed E-state index contributed by atoms with van der Waals surface area (Å²) >= 11 is 0. The van der Waals surface area contributed by atoms with Crippen molar-refractivity contribution in [3.05, 3.63) is 41.7 Å². The van der Waals surface area contributed by atoms with Gasteiger partial charge in [-0.1, -0.05) is 24.3 Å². The second kappa shape index (κ2) is 6.70. The molecule has 6 heteroatoms. The van der Waals surface area contributed by atoms with E-state index in [0.717, 1.165) is 31.6 Å². The fraction of sp³-hybridized carbons (Fsp3) is 0.438. The van der Waals surface area contributed by atoms with Crippen LogP contribution in [0.15, 0.2) is 30.5 Å². The summed E-state index contributed by atoms with van der Waals surface area (Å²) in [6, 6.07) is 8.05. The predicted octanol–water partition coefficient (Wildman–Crippen LogP) is 1.74. The maximum Gasteiger partial charge on any atom is 0.273 e. The molecule has 6 nitrogen and oxygen atoms in total. The zero-order valence-corrected chi connectivity index (χ0v) is 12.7. The van der Waals surface area contributed by atoms with Crippen molar-refractivity contribution in [2.75, 3.05) is 13.2 Å². The third kappa shape index (κ3) is 3.33. The van der Waals surface area contributed by atoms with Crippen LogP contribution in [-0.4, -0.2) is 40.2 Å². The Hall–Kier alpha value is -2.21. The molecule has 1 atom stereocenters. The number of aryl methyl sites for hydroxylation is 1. The Morgan fingerprint density at radius 2 is 2.23 bits per heavy atom. The molecule has 1 aliphatic heterocycles. The Bertz CT molecular complexity index is 630. The van der Waals surface area contributed by atoms with Gasteiger partial charge in [-0.05, 0) is 37.0 Å². The quantitative estimate of drug-likeness (QED) is 0.913. The van der Waals surface area contributed by atoms with Crippen molar-refractivity contribution in [2.24, 2.45) is 0 Å². The topological polar surface area (TPSA) is 69.0 Å². The van der Waals surface area contributed by atoms with Crippen LogP contribution in [0.4, 0.5) is 0 Å². The molecule has 1 amide bonds. The molecule has 3 rings (SSSR count). The van der Waals surface area contributed by atoms with E-state index in [-0.39, 0.29) is 12.0 Å². The highest BCUT2D eigenvalue weighted by Crippen LogP contribution is 2.11. The first-order valence-electron chi connectivity index (χ1n) is 7.67. The minimum absolute atomic E-state index is 0.126. The van der Waals surface area contributed by atoms with Gasteiger partial charge in [-0.2, -0.15) is 0 Å². The fourth-order valence-electron chi connectivity index (χ4n) is 2.48. The Labute approximate surface area is 129 Å². The molecule has 0 unspecified atom stereocenters.